The maximum atomic E-state index is 8.33. The van der Waals surface area contributed by atoms with Crippen LogP contribution < -0.4 is 14.8 Å². The Morgan fingerprint density at radius 2 is 2.09 bits per heavy atom. The van der Waals surface area contributed by atoms with Crippen LogP contribution in [0.15, 0.2) is 18.7 Å². The first kappa shape index (κ1) is 9.48. The number of imidazole rings is 1. The standard InChI is InChI=1S/C5H9N2.CH2O3/c1-6-3-4-7(2)5-6;2-1(3)4/h3-5H,1-2H3;(H2,2,3,4)/q+1;/p-1. The van der Waals surface area contributed by atoms with Crippen LogP contribution >= 0.6 is 0 Å². The molecule has 0 saturated carbocycles. The van der Waals surface area contributed by atoms with Crippen molar-refractivity contribution < 1.29 is 21.0 Å². The van der Waals surface area contributed by atoms with E-state index in [0.29, 0.717) is 0 Å². The molecule has 0 aromatic carbocycles. The highest BCUT2D eigenvalue weighted by molar-refractivity contribution is 5.47. The lowest BCUT2D eigenvalue weighted by Gasteiger charge is -1.96. The van der Waals surface area contributed by atoms with Crippen LogP contribution in [0.4, 0.5) is 4.79 Å². The van der Waals surface area contributed by atoms with Crippen LogP contribution in [0.1, 0.15) is 1.43 Å². The summed E-state index contributed by atoms with van der Waals surface area (Å²) in [5, 5.41) is 16.7. The van der Waals surface area contributed by atoms with E-state index < -0.39 is 6.16 Å². The number of aromatic nitrogens is 2. The first-order chi connectivity index (χ1) is 5.02. The molecule has 1 aromatic heterocycles. The number of aryl methyl sites for hydroxylation is 2. The highest BCUT2D eigenvalue weighted by Gasteiger charge is 1.87. The van der Waals surface area contributed by atoms with E-state index in [1.165, 1.54) is 0 Å². The minimum absolute atomic E-state index is 0. The van der Waals surface area contributed by atoms with Crippen molar-refractivity contribution in [3.8, 4) is 0 Å². The Hall–Kier alpha value is -1.52. The van der Waals surface area contributed by atoms with Gasteiger partial charge in [-0.2, -0.15) is 0 Å². The summed E-state index contributed by atoms with van der Waals surface area (Å²) >= 11 is 0. The summed E-state index contributed by atoms with van der Waals surface area (Å²) < 4.78 is 4.00. The molecular formula is C6H10N2O3. The molecule has 0 unspecified atom stereocenters. The number of hydrogen-bond acceptors (Lipinski definition) is 3. The van der Waals surface area contributed by atoms with E-state index in [1.807, 2.05) is 42.0 Å². The van der Waals surface area contributed by atoms with Crippen LogP contribution in [0.3, 0.4) is 0 Å². The van der Waals surface area contributed by atoms with Crippen LogP contribution in [0.2, 0.25) is 0 Å². The summed E-state index contributed by atoms with van der Waals surface area (Å²) in [4.78, 5) is 8.33. The first-order valence-electron chi connectivity index (χ1n) is 2.87. The van der Waals surface area contributed by atoms with Gasteiger partial charge in [0.1, 0.15) is 12.4 Å². The zero-order chi connectivity index (χ0) is 8.85. The van der Waals surface area contributed by atoms with E-state index in [4.69, 9.17) is 15.0 Å². The molecule has 0 aliphatic rings. The predicted octanol–water partition coefficient (Wildman–Crippen LogP) is -2.48. The molecule has 0 atom stereocenters. The summed E-state index contributed by atoms with van der Waals surface area (Å²) in [6.45, 7) is 0. The highest BCUT2D eigenvalue weighted by Crippen LogP contribution is 1.70. The fourth-order valence-corrected chi connectivity index (χ4v) is 0.575. The van der Waals surface area contributed by atoms with Crippen LogP contribution in [0, 0.1) is 0 Å². The van der Waals surface area contributed by atoms with E-state index >= 15 is 0 Å². The third kappa shape index (κ3) is 6.36. The summed E-state index contributed by atoms with van der Waals surface area (Å²) in [5.41, 5.74) is 0. The molecule has 0 aliphatic carbocycles. The fraction of sp³-hybridized carbons (Fsp3) is 0.333. The van der Waals surface area contributed by atoms with Crippen molar-refractivity contribution in [3.63, 3.8) is 0 Å². The quantitative estimate of drug-likeness (QED) is 0.392. The van der Waals surface area contributed by atoms with Gasteiger partial charge in [-0.3, -0.25) is 0 Å². The number of carbonyl (C=O) groups excluding carboxylic acids is 1. The van der Waals surface area contributed by atoms with Gasteiger partial charge in [-0.25, -0.2) is 9.13 Å². The second-order valence-electron chi connectivity index (χ2n) is 1.99. The molecule has 1 aromatic rings. The molecule has 0 bridgehead atoms. The predicted molar refractivity (Wildman–Crippen MR) is 33.1 cm³/mol. The van der Waals surface area contributed by atoms with Crippen molar-refractivity contribution in [2.45, 2.75) is 0 Å². The largest absolute Gasteiger partial charge is 1.00 e. The Balaban J connectivity index is 0. The van der Waals surface area contributed by atoms with Crippen molar-refractivity contribution in [1.29, 1.82) is 0 Å². The van der Waals surface area contributed by atoms with Crippen LogP contribution in [0.25, 0.3) is 0 Å². The maximum Gasteiger partial charge on any atom is 1.00 e. The minimum Gasteiger partial charge on any atom is -0.652 e. The van der Waals surface area contributed by atoms with Gasteiger partial charge in [-0.15, -0.1) is 0 Å². The van der Waals surface area contributed by atoms with E-state index in [0.717, 1.165) is 0 Å². The Labute approximate surface area is 65.6 Å². The normalized spacial score (nSPS) is 8.18. The Morgan fingerprint density at radius 1 is 1.64 bits per heavy atom. The Kier molecular flexibility index (Phi) is 3.72. The molecule has 0 fully saturated rings. The molecule has 11 heavy (non-hydrogen) atoms. The van der Waals surface area contributed by atoms with Crippen molar-refractivity contribution in [2.24, 2.45) is 14.1 Å². The van der Waals surface area contributed by atoms with E-state index in [2.05, 4.69) is 0 Å². The van der Waals surface area contributed by atoms with Gasteiger partial charge in [0, 0.05) is 0 Å². The van der Waals surface area contributed by atoms with Crippen LogP contribution in [0.5, 0.6) is 0 Å². The number of hydrogen-bond donors (Lipinski definition) is 0. The van der Waals surface area contributed by atoms with Gasteiger partial charge in [0.15, 0.2) is 0 Å². The molecule has 0 spiro atoms. The van der Waals surface area contributed by atoms with E-state index in [-0.39, 0.29) is 1.43 Å². The van der Waals surface area contributed by atoms with Crippen molar-refractivity contribution in [3.05, 3.63) is 18.7 Å². The van der Waals surface area contributed by atoms with Gasteiger partial charge in [0.2, 0.25) is 6.33 Å². The average Bonchev–Trinajstić information content (AvgIpc) is 2.13. The lowest BCUT2D eigenvalue weighted by atomic mass is 10.9. The molecule has 5 nitrogen and oxygen atoms in total. The van der Waals surface area contributed by atoms with Gasteiger partial charge in [0.25, 0.3) is 0 Å². The van der Waals surface area contributed by atoms with Crippen molar-refractivity contribution in [2.75, 3.05) is 0 Å². The molecule has 62 valence electrons. The number of rotatable bonds is 0. The van der Waals surface area contributed by atoms with Crippen molar-refractivity contribution in [1.82, 2.24) is 4.57 Å². The topological polar surface area (TPSA) is 72.0 Å². The third-order valence-corrected chi connectivity index (χ3v) is 0.901. The second kappa shape index (κ2) is 4.32. The van der Waals surface area contributed by atoms with Gasteiger partial charge < -0.3 is 15.0 Å². The van der Waals surface area contributed by atoms with Crippen LogP contribution in [-0.4, -0.2) is 10.7 Å². The summed E-state index contributed by atoms with van der Waals surface area (Å²) in [7, 11) is 4.00. The van der Waals surface area contributed by atoms with Gasteiger partial charge in [-0.1, -0.05) is 0 Å². The number of nitrogens with zero attached hydrogens (tertiary/aromatic N) is 2. The Morgan fingerprint density at radius 3 is 2.18 bits per heavy atom. The Bertz CT molecular complexity index is 216. The SMILES string of the molecule is Cn1cc[n+](C)c1.O=C([O-])[O-].[H+]. The summed E-state index contributed by atoms with van der Waals surface area (Å²) in [6.07, 6.45) is 3.67. The summed E-state index contributed by atoms with van der Waals surface area (Å²) in [6, 6.07) is 0. The zero-order valence-corrected chi connectivity index (χ0v) is 6.35. The smallest absolute Gasteiger partial charge is 0.652 e. The molecule has 5 heteroatoms. The fourth-order valence-electron chi connectivity index (χ4n) is 0.575. The molecule has 0 N–H and O–H groups in total. The minimum atomic E-state index is -2.33. The molecule has 0 saturated heterocycles. The lowest BCUT2D eigenvalue weighted by Crippen LogP contribution is -2.37. The molecule has 1 heterocycles. The van der Waals surface area contributed by atoms with Gasteiger partial charge in [0.05, 0.1) is 14.1 Å². The third-order valence-electron chi connectivity index (χ3n) is 0.901. The number of carbonyl (C=O) groups is 1. The molecule has 0 radical (unpaired) electrons. The van der Waals surface area contributed by atoms with Crippen LogP contribution in [-0.2, 0) is 14.1 Å². The second-order valence-corrected chi connectivity index (χ2v) is 1.99. The highest BCUT2D eigenvalue weighted by atomic mass is 16.6. The lowest BCUT2D eigenvalue weighted by molar-refractivity contribution is -0.670. The number of carboxylic acid groups (broad SMARTS) is 2. The average molecular weight is 158 g/mol. The zero-order valence-electron chi connectivity index (χ0n) is 7.35. The molecular weight excluding hydrogens is 148 g/mol. The molecule has 0 aliphatic heterocycles. The van der Waals surface area contributed by atoms with E-state index in [9.17, 15) is 0 Å². The maximum absolute atomic E-state index is 8.33. The van der Waals surface area contributed by atoms with Crippen molar-refractivity contribution >= 4 is 6.16 Å². The van der Waals surface area contributed by atoms with Gasteiger partial charge in [-0.05, 0) is 6.16 Å². The summed E-state index contributed by atoms with van der Waals surface area (Å²) in [5.74, 6) is 0. The molecule has 0 amide bonds. The monoisotopic (exact) mass is 158 g/mol. The van der Waals surface area contributed by atoms with Gasteiger partial charge >= 0.3 is 1.43 Å². The molecule has 1 rings (SSSR count). The van der Waals surface area contributed by atoms with E-state index in [1.54, 1.807) is 0 Å². The first-order valence-corrected chi connectivity index (χ1v) is 2.87.